The number of ether oxygens (including phenoxy) is 2. The van der Waals surface area contributed by atoms with Crippen molar-refractivity contribution in [1.82, 2.24) is 4.57 Å². The van der Waals surface area contributed by atoms with Gasteiger partial charge in [-0.05, 0) is 30.5 Å². The third kappa shape index (κ3) is 4.79. The average molecular weight is 527 g/mol. The molecular weight excluding hydrogens is 504 g/mol. The van der Waals surface area contributed by atoms with Gasteiger partial charge < -0.3 is 9.47 Å². The molecule has 0 unspecified atom stereocenters. The maximum absolute atomic E-state index is 13.9. The van der Waals surface area contributed by atoms with Crippen molar-refractivity contribution in [3.63, 3.8) is 0 Å². The Morgan fingerprint density at radius 2 is 1.92 bits per heavy atom. The Kier molecular flexibility index (Phi) is 7.17. The summed E-state index contributed by atoms with van der Waals surface area (Å²) in [7, 11) is 0. The molecule has 0 saturated carbocycles. The molecule has 37 heavy (non-hydrogen) atoms. The van der Waals surface area contributed by atoms with Crippen LogP contribution in [0.5, 0.6) is 5.75 Å². The van der Waals surface area contributed by atoms with E-state index in [9.17, 15) is 9.59 Å². The Bertz CT molecular complexity index is 1690. The summed E-state index contributed by atoms with van der Waals surface area (Å²) < 4.78 is 13.2. The second kappa shape index (κ2) is 10.8. The zero-order chi connectivity index (χ0) is 25.8. The monoisotopic (exact) mass is 526 g/mol. The molecule has 0 aliphatic carbocycles. The van der Waals surface area contributed by atoms with Gasteiger partial charge in [0.2, 0.25) is 0 Å². The van der Waals surface area contributed by atoms with Gasteiger partial charge in [-0.15, -0.1) is 17.8 Å². The first-order valence-corrected chi connectivity index (χ1v) is 13.3. The van der Waals surface area contributed by atoms with Gasteiger partial charge in [-0.25, -0.2) is 9.79 Å². The third-order valence-corrected chi connectivity index (χ3v) is 7.61. The minimum absolute atomic E-state index is 0.119. The van der Waals surface area contributed by atoms with Crippen LogP contribution in [0.25, 0.3) is 11.8 Å². The van der Waals surface area contributed by atoms with Crippen molar-refractivity contribution in [2.24, 2.45) is 4.99 Å². The lowest BCUT2D eigenvalue weighted by Gasteiger charge is -2.24. The SMILES string of the molecule is C#CCOc1ccccc1/C=c1\sc2n(c1=O)[C@@H](c1cccs1)C(C(=O)OCC)=C(c1ccccc1)N=2. The molecule has 0 bridgehead atoms. The van der Waals surface area contributed by atoms with E-state index in [-0.39, 0.29) is 18.8 Å². The van der Waals surface area contributed by atoms with E-state index >= 15 is 0 Å². The number of thiazole rings is 1. The van der Waals surface area contributed by atoms with Crippen LogP contribution >= 0.6 is 22.7 Å². The quantitative estimate of drug-likeness (QED) is 0.270. The minimum Gasteiger partial charge on any atom is -0.480 e. The number of esters is 1. The van der Waals surface area contributed by atoms with Crippen molar-refractivity contribution >= 4 is 40.4 Å². The number of thiophene rings is 1. The highest BCUT2D eigenvalue weighted by atomic mass is 32.1. The zero-order valence-corrected chi connectivity index (χ0v) is 21.6. The van der Waals surface area contributed by atoms with Crippen molar-refractivity contribution in [1.29, 1.82) is 0 Å². The summed E-state index contributed by atoms with van der Waals surface area (Å²) in [5.41, 5.74) is 2.10. The average Bonchev–Trinajstić information content (AvgIpc) is 3.56. The summed E-state index contributed by atoms with van der Waals surface area (Å²) in [4.78, 5) is 33.4. The van der Waals surface area contributed by atoms with E-state index in [1.165, 1.54) is 22.7 Å². The number of aromatic nitrogens is 1. The topological polar surface area (TPSA) is 69.9 Å². The van der Waals surface area contributed by atoms with Crippen LogP contribution in [0.1, 0.15) is 29.0 Å². The molecule has 6 nitrogen and oxygen atoms in total. The van der Waals surface area contributed by atoms with Crippen LogP contribution in [0.15, 0.2) is 87.5 Å². The largest absolute Gasteiger partial charge is 0.480 e. The van der Waals surface area contributed by atoms with Crippen molar-refractivity contribution in [2.75, 3.05) is 13.2 Å². The molecule has 0 spiro atoms. The van der Waals surface area contributed by atoms with Gasteiger partial charge in [0.05, 0.1) is 22.4 Å². The zero-order valence-electron chi connectivity index (χ0n) is 19.9. The van der Waals surface area contributed by atoms with Crippen LogP contribution in [0.2, 0.25) is 0 Å². The fourth-order valence-corrected chi connectivity index (χ4v) is 5.96. The summed E-state index contributed by atoms with van der Waals surface area (Å²) >= 11 is 2.74. The first kappa shape index (κ1) is 24.5. The molecule has 0 N–H and O–H groups in total. The number of hydrogen-bond acceptors (Lipinski definition) is 7. The van der Waals surface area contributed by atoms with Gasteiger partial charge in [0, 0.05) is 16.0 Å². The fraction of sp³-hybridized carbons (Fsp3) is 0.138. The second-order valence-electron chi connectivity index (χ2n) is 7.98. The number of terminal acetylenes is 1. The molecule has 0 fully saturated rings. The lowest BCUT2D eigenvalue weighted by Crippen LogP contribution is -2.39. The van der Waals surface area contributed by atoms with Gasteiger partial charge in [0.1, 0.15) is 18.4 Å². The van der Waals surface area contributed by atoms with Crippen molar-refractivity contribution in [3.05, 3.63) is 113 Å². The van der Waals surface area contributed by atoms with Crippen LogP contribution in [-0.4, -0.2) is 23.8 Å². The molecule has 184 valence electrons. The molecular formula is C29H22N2O4S2. The normalized spacial score (nSPS) is 15.0. The van der Waals surface area contributed by atoms with Crippen molar-refractivity contribution in [2.45, 2.75) is 13.0 Å². The minimum atomic E-state index is -0.666. The van der Waals surface area contributed by atoms with Crippen molar-refractivity contribution in [3.8, 4) is 18.1 Å². The summed E-state index contributed by atoms with van der Waals surface area (Å²) in [6.07, 6.45) is 7.14. The molecule has 1 aliphatic rings. The van der Waals surface area contributed by atoms with Crippen LogP contribution in [0, 0.1) is 12.3 Å². The molecule has 5 rings (SSSR count). The molecule has 0 amide bonds. The van der Waals surface area contributed by atoms with Gasteiger partial charge in [-0.2, -0.15) is 0 Å². The molecule has 1 atom stereocenters. The number of carbonyl (C=O) groups is 1. The summed E-state index contributed by atoms with van der Waals surface area (Å²) in [5.74, 6) is 2.55. The van der Waals surface area contributed by atoms with E-state index in [4.69, 9.17) is 20.9 Å². The smallest absolute Gasteiger partial charge is 0.338 e. The number of hydrogen-bond donors (Lipinski definition) is 0. The first-order chi connectivity index (χ1) is 18.1. The molecule has 8 heteroatoms. The Morgan fingerprint density at radius 1 is 1.14 bits per heavy atom. The second-order valence-corrected chi connectivity index (χ2v) is 9.97. The third-order valence-electron chi connectivity index (χ3n) is 5.70. The Labute approximate surface area is 221 Å². The Balaban J connectivity index is 1.78. The number of para-hydroxylation sites is 1. The number of carbonyl (C=O) groups excluding carboxylic acids is 1. The fourth-order valence-electron chi connectivity index (χ4n) is 4.15. The van der Waals surface area contributed by atoms with Gasteiger partial charge in [-0.1, -0.05) is 71.9 Å². The highest BCUT2D eigenvalue weighted by Crippen LogP contribution is 2.36. The molecule has 2 aromatic heterocycles. The first-order valence-electron chi connectivity index (χ1n) is 11.6. The molecule has 0 radical (unpaired) electrons. The lowest BCUT2D eigenvalue weighted by molar-refractivity contribution is -0.138. The maximum atomic E-state index is 13.9. The number of rotatable bonds is 7. The van der Waals surface area contributed by atoms with E-state index in [0.717, 1.165) is 16.0 Å². The molecule has 3 heterocycles. The van der Waals surface area contributed by atoms with E-state index in [1.54, 1.807) is 23.6 Å². The Morgan fingerprint density at radius 3 is 2.65 bits per heavy atom. The highest BCUT2D eigenvalue weighted by Gasteiger charge is 2.35. The van der Waals surface area contributed by atoms with Gasteiger partial charge in [0.25, 0.3) is 5.56 Å². The van der Waals surface area contributed by atoms with Crippen LogP contribution < -0.4 is 19.6 Å². The molecule has 2 aromatic carbocycles. The van der Waals surface area contributed by atoms with Gasteiger partial charge in [-0.3, -0.25) is 9.36 Å². The van der Waals surface area contributed by atoms with Crippen LogP contribution in [0.4, 0.5) is 0 Å². The molecule has 0 saturated heterocycles. The van der Waals surface area contributed by atoms with Crippen LogP contribution in [0.3, 0.4) is 0 Å². The van der Waals surface area contributed by atoms with E-state index in [2.05, 4.69) is 5.92 Å². The molecule has 1 aliphatic heterocycles. The van der Waals surface area contributed by atoms with E-state index < -0.39 is 12.0 Å². The van der Waals surface area contributed by atoms with Crippen molar-refractivity contribution < 1.29 is 14.3 Å². The predicted octanol–water partition coefficient (Wildman–Crippen LogP) is 4.01. The highest BCUT2D eigenvalue weighted by molar-refractivity contribution is 7.10. The van der Waals surface area contributed by atoms with Gasteiger partial charge in [0.15, 0.2) is 4.80 Å². The Hall–Kier alpha value is -4.19. The number of benzene rings is 2. The molecule has 4 aromatic rings. The summed E-state index contributed by atoms with van der Waals surface area (Å²) in [6.45, 7) is 2.09. The lowest BCUT2D eigenvalue weighted by atomic mass is 9.97. The van der Waals surface area contributed by atoms with Gasteiger partial charge >= 0.3 is 5.97 Å². The van der Waals surface area contributed by atoms with Crippen LogP contribution in [-0.2, 0) is 9.53 Å². The summed E-state index contributed by atoms with van der Waals surface area (Å²) in [5, 5.41) is 1.93. The number of nitrogens with zero attached hydrogens (tertiary/aromatic N) is 2. The maximum Gasteiger partial charge on any atom is 0.338 e. The van der Waals surface area contributed by atoms with E-state index in [1.807, 2.05) is 66.0 Å². The van der Waals surface area contributed by atoms with E-state index in [0.29, 0.717) is 26.4 Å². The summed E-state index contributed by atoms with van der Waals surface area (Å²) in [6, 6.07) is 20.0. The predicted molar refractivity (Wildman–Crippen MR) is 146 cm³/mol. The standard InChI is InChI=1S/C29H22N2O4S2/c1-3-16-35-21-14-9-8-13-20(21)18-23-27(32)31-26(22-15-10-17-36-22)24(28(33)34-4-2)25(30-29(31)37-23)19-11-6-5-7-12-19/h1,5-15,17-18,26H,4,16H2,2H3/b23-18-/t26-/m0/s1. The number of fused-ring (bicyclic) bond motifs is 1.